The summed E-state index contributed by atoms with van der Waals surface area (Å²) in [5.41, 5.74) is 1.66. The van der Waals surface area contributed by atoms with Gasteiger partial charge in [-0.05, 0) is 35.4 Å². The molecule has 0 fully saturated rings. The first kappa shape index (κ1) is 34.8. The van der Waals surface area contributed by atoms with Crippen LogP contribution < -0.4 is 10.1 Å². The van der Waals surface area contributed by atoms with Gasteiger partial charge in [0.15, 0.2) is 23.2 Å². The third kappa shape index (κ3) is 7.95. The van der Waals surface area contributed by atoms with Crippen LogP contribution in [0.5, 0.6) is 11.5 Å². The molecule has 3 heterocycles. The number of H-pyrrole nitrogens is 1. The van der Waals surface area contributed by atoms with Gasteiger partial charge in [-0.25, -0.2) is 18.4 Å². The van der Waals surface area contributed by atoms with Crippen LogP contribution in [0.25, 0.3) is 22.3 Å². The van der Waals surface area contributed by atoms with E-state index < -0.39 is 40.0 Å². The number of rotatable bonds is 3. The summed E-state index contributed by atoms with van der Waals surface area (Å²) in [7, 11) is 0.115. The van der Waals surface area contributed by atoms with E-state index in [1.165, 1.54) is 23.0 Å². The monoisotopic (exact) mass is 776 g/mol. The molecule has 247 valence electrons. The van der Waals surface area contributed by atoms with Gasteiger partial charge in [-0.3, -0.25) is 4.21 Å². The number of benzene rings is 3. The van der Waals surface area contributed by atoms with Gasteiger partial charge in [0.25, 0.3) is 0 Å². The third-order valence-electron chi connectivity index (χ3n) is 7.32. The normalized spacial score (nSPS) is 17.1. The molecule has 15 heteroatoms. The number of aliphatic hydroxyl groups excluding tert-OH is 1. The first-order valence-electron chi connectivity index (χ1n) is 14.5. The number of carbonyl (C=O) groups is 1. The van der Waals surface area contributed by atoms with Gasteiger partial charge < -0.3 is 24.9 Å². The summed E-state index contributed by atoms with van der Waals surface area (Å²) < 4.78 is 72.8. The van der Waals surface area contributed by atoms with Gasteiger partial charge in [0.2, 0.25) is 5.82 Å². The fraction of sp³-hybridized carbons (Fsp3) is 0.281. The molecule has 1 radical (unpaired) electrons. The standard InChI is InChI=1S/C30H28F3N5O4S.CHO.CH3.Sb/c1-38-30-21-14-19(5-6-23(21)31)42-28-22(20-7-8-34-27(20)24(32)25(28)33)16-43(40)12-11-41-10-9-35-26(29(36-30)37-38)18-4-2-3-17(13-18)15-39;1-2;;/h2-8,13-14,26,34-35,39H,9-12,15-16H2,1H3;1H;1H3;. The Balaban J connectivity index is 0.00000103. The Morgan fingerprint density at radius 1 is 1.15 bits per heavy atom. The predicted molar refractivity (Wildman–Crippen MR) is 173 cm³/mol. The van der Waals surface area contributed by atoms with Crippen molar-refractivity contribution in [3.8, 4) is 22.9 Å². The number of hydrogen-bond donors (Lipinski definition) is 3. The first-order chi connectivity index (χ1) is 22.7. The average molecular weight is 777 g/mol. The minimum absolute atomic E-state index is 0.0240. The van der Waals surface area contributed by atoms with Gasteiger partial charge in [0.1, 0.15) is 11.6 Å². The van der Waals surface area contributed by atoms with Crippen LogP contribution in [-0.2, 0) is 39.7 Å². The second kappa shape index (κ2) is 16.0. The molecule has 10 nitrogen and oxygen atoms in total. The number of nitrogens with zero attached hydrogens (tertiary/aromatic N) is 3. The fourth-order valence-corrected chi connectivity index (χ4v) is 6.18. The second-order valence-corrected chi connectivity index (χ2v) is 14.1. The molecule has 2 atom stereocenters. The van der Waals surface area contributed by atoms with Crippen molar-refractivity contribution in [1.29, 1.82) is 0 Å². The summed E-state index contributed by atoms with van der Waals surface area (Å²) in [4.78, 5) is 18.5. The molecule has 1 aliphatic rings. The zero-order valence-corrected chi connectivity index (χ0v) is 28.9. The molecule has 2 unspecified atom stereocenters. The van der Waals surface area contributed by atoms with Crippen LogP contribution in [-0.4, -0.2) is 80.4 Å². The zero-order valence-electron chi connectivity index (χ0n) is 25.5. The van der Waals surface area contributed by atoms with E-state index in [1.54, 1.807) is 19.2 Å². The van der Waals surface area contributed by atoms with Crippen LogP contribution in [0.2, 0.25) is 4.87 Å². The quantitative estimate of drug-likeness (QED) is 0.180. The first-order valence-corrected chi connectivity index (χ1v) is 20.0. The maximum absolute atomic E-state index is 15.4. The van der Waals surface area contributed by atoms with Crippen molar-refractivity contribution in [2.75, 3.05) is 25.5 Å². The summed E-state index contributed by atoms with van der Waals surface area (Å²) in [6.07, 6.45) is 1.47. The van der Waals surface area contributed by atoms with Gasteiger partial charge >= 0.3 is 35.5 Å². The van der Waals surface area contributed by atoms with Crippen molar-refractivity contribution in [3.63, 3.8) is 0 Å². The molecule has 6 rings (SSSR count). The Morgan fingerprint density at radius 2 is 1.96 bits per heavy atom. The molecular formula is C32H32F3N5O5SSb. The van der Waals surface area contributed by atoms with Crippen LogP contribution in [0.4, 0.5) is 13.2 Å². The maximum atomic E-state index is 15.4. The molecule has 0 saturated heterocycles. The summed E-state index contributed by atoms with van der Waals surface area (Å²) in [5.74, 6) is -2.87. The van der Waals surface area contributed by atoms with Gasteiger partial charge in [0, 0.05) is 47.3 Å². The van der Waals surface area contributed by atoms with Crippen LogP contribution in [0, 0.1) is 17.5 Å². The predicted octanol–water partition coefficient (Wildman–Crippen LogP) is 4.55. The summed E-state index contributed by atoms with van der Waals surface area (Å²) >= 11 is -0.328. The number of nitrogens with one attached hydrogen (secondary N) is 2. The number of aliphatic hydroxyl groups is 1. The molecule has 0 spiro atoms. The Kier molecular flexibility index (Phi) is 11.9. The molecule has 3 aromatic carbocycles. The molecule has 47 heavy (non-hydrogen) atoms. The molecular weight excluding hydrogens is 745 g/mol. The number of ether oxygens (including phenoxy) is 2. The summed E-state index contributed by atoms with van der Waals surface area (Å²) in [6, 6.07) is 12.1. The Hall–Kier alpha value is -3.55. The zero-order chi connectivity index (χ0) is 33.5. The van der Waals surface area contributed by atoms with Gasteiger partial charge in [-0.2, -0.15) is 9.49 Å². The molecule has 1 aliphatic heterocycles. The van der Waals surface area contributed by atoms with Crippen molar-refractivity contribution in [2.45, 2.75) is 23.3 Å². The van der Waals surface area contributed by atoms with E-state index in [1.807, 2.05) is 23.1 Å². The van der Waals surface area contributed by atoms with Gasteiger partial charge in [-0.15, -0.1) is 0 Å². The Morgan fingerprint density at radius 3 is 2.72 bits per heavy atom. The van der Waals surface area contributed by atoms with Crippen LogP contribution in [0.15, 0.2) is 54.7 Å². The van der Waals surface area contributed by atoms with Gasteiger partial charge in [0.05, 0.1) is 42.7 Å². The number of aromatic nitrogens is 4. The van der Waals surface area contributed by atoms with E-state index in [0.29, 0.717) is 23.3 Å². The average Bonchev–Trinajstić information content (AvgIpc) is 3.72. The summed E-state index contributed by atoms with van der Waals surface area (Å²) in [6.45, 7) is 0.667. The fourth-order valence-electron chi connectivity index (χ4n) is 5.13. The summed E-state index contributed by atoms with van der Waals surface area (Å²) in [5, 5.41) is 17.9. The number of fused-ring (bicyclic) bond motifs is 8. The van der Waals surface area contributed by atoms with Crippen molar-refractivity contribution >= 4 is 47.6 Å². The van der Waals surface area contributed by atoms with E-state index in [2.05, 4.69) is 20.4 Å². The van der Waals surface area contributed by atoms with Crippen molar-refractivity contribution in [3.05, 3.63) is 94.7 Å². The van der Waals surface area contributed by atoms with E-state index in [4.69, 9.17) is 9.47 Å². The van der Waals surface area contributed by atoms with Gasteiger partial charge in [-0.1, -0.05) is 24.3 Å². The molecule has 0 saturated carbocycles. The molecule has 0 amide bonds. The number of aryl methyl sites for hydroxylation is 1. The van der Waals surface area contributed by atoms with Crippen LogP contribution in [0.3, 0.4) is 0 Å². The number of hydrogen-bond acceptors (Lipinski definition) is 8. The number of halogens is 3. The molecule has 4 bridgehead atoms. The topological polar surface area (TPSA) is 131 Å². The second-order valence-electron chi connectivity index (χ2n) is 10.4. The van der Waals surface area contributed by atoms with Crippen molar-refractivity contribution in [1.82, 2.24) is 25.1 Å². The SMILES string of the molecule is Cn1nc2nc1-c1cc(ccc1F)Oc1c(F)c(F)c3[nH]ccc3c1CS(=O)CCOCCNC2c1cccc(CO)c1.[CH3][Sb][CH]=O. The molecule has 2 aromatic heterocycles. The molecule has 3 N–H and O–H groups in total. The van der Waals surface area contributed by atoms with E-state index in [9.17, 15) is 14.1 Å². The Labute approximate surface area is 281 Å². The van der Waals surface area contributed by atoms with Crippen LogP contribution >= 0.6 is 0 Å². The van der Waals surface area contributed by atoms with E-state index in [0.717, 1.165) is 15.9 Å². The van der Waals surface area contributed by atoms with E-state index >= 15 is 13.2 Å². The Bertz CT molecular complexity index is 1900. The molecule has 0 aliphatic carbocycles. The minimum atomic E-state index is -1.50. The third-order valence-corrected chi connectivity index (χ3v) is 9.16. The number of aromatic amines is 1. The van der Waals surface area contributed by atoms with Crippen molar-refractivity contribution < 1.29 is 36.8 Å². The van der Waals surface area contributed by atoms with E-state index in [-0.39, 0.29) is 81.2 Å². The molecule has 5 aromatic rings. The van der Waals surface area contributed by atoms with Crippen LogP contribution in [0.1, 0.15) is 28.6 Å². The van der Waals surface area contributed by atoms with Crippen molar-refractivity contribution in [2.24, 2.45) is 7.05 Å². The number of carbonyl (C=O) groups excluding carboxylic acids is 1.